The van der Waals surface area contributed by atoms with E-state index in [1.54, 1.807) is 0 Å². The third-order valence-corrected chi connectivity index (χ3v) is 4.74. The third kappa shape index (κ3) is 4.38. The number of imide groups is 1. The van der Waals surface area contributed by atoms with Crippen LogP contribution in [-0.2, 0) is 14.3 Å². The molecule has 2 aliphatic heterocycles. The van der Waals surface area contributed by atoms with Gasteiger partial charge in [0, 0.05) is 19.6 Å². The number of benzene rings is 1. The van der Waals surface area contributed by atoms with Crippen LogP contribution in [0.3, 0.4) is 0 Å². The Hall–Kier alpha value is -2.34. The topological polar surface area (TPSA) is 59.1 Å². The van der Waals surface area contributed by atoms with E-state index in [1.807, 2.05) is 43.0 Å². The number of hydrogen-bond donors (Lipinski definition) is 0. The Labute approximate surface area is 167 Å². The monoisotopic (exact) mass is 386 g/mol. The second kappa shape index (κ2) is 8.78. The molecule has 0 N–H and O–H groups in total. The summed E-state index contributed by atoms with van der Waals surface area (Å²) in [6.07, 6.45) is 0. The van der Waals surface area contributed by atoms with E-state index in [0.29, 0.717) is 56.6 Å². The van der Waals surface area contributed by atoms with Gasteiger partial charge in [0.25, 0.3) is 11.8 Å². The van der Waals surface area contributed by atoms with Crippen LogP contribution in [0.5, 0.6) is 5.75 Å². The number of carbonyl (C=O) groups excluding carboxylic acids is 2. The molecule has 2 amide bonds. The zero-order chi connectivity index (χ0) is 20.3. The van der Waals surface area contributed by atoms with Crippen LogP contribution in [-0.4, -0.2) is 61.1 Å². The highest BCUT2D eigenvalue weighted by Crippen LogP contribution is 2.33. The molecule has 1 saturated heterocycles. The first-order valence-electron chi connectivity index (χ1n) is 10.0. The fraction of sp³-hybridized carbons (Fsp3) is 0.545. The summed E-state index contributed by atoms with van der Waals surface area (Å²) in [7, 11) is 0. The van der Waals surface area contributed by atoms with E-state index in [0.717, 1.165) is 11.3 Å². The zero-order valence-corrected chi connectivity index (χ0v) is 17.2. The van der Waals surface area contributed by atoms with Crippen molar-refractivity contribution in [2.75, 3.05) is 39.5 Å². The Kier molecular flexibility index (Phi) is 6.39. The van der Waals surface area contributed by atoms with E-state index in [9.17, 15) is 9.59 Å². The molecule has 0 unspecified atom stereocenters. The van der Waals surface area contributed by atoms with Crippen LogP contribution in [0.1, 0.15) is 33.3 Å². The van der Waals surface area contributed by atoms with Gasteiger partial charge in [0.2, 0.25) is 0 Å². The molecule has 0 aliphatic carbocycles. The highest BCUT2D eigenvalue weighted by atomic mass is 16.5. The summed E-state index contributed by atoms with van der Waals surface area (Å²) in [5, 5.41) is 0. The molecule has 0 aromatic heterocycles. The van der Waals surface area contributed by atoms with E-state index in [-0.39, 0.29) is 17.7 Å². The standard InChI is InChI=1S/C22H30N2O4/c1-15(2)13-24-21(25)19(20(22(24)26)23-9-11-27-12-10-23)17-5-7-18(8-6-17)28-14-16(3)4/h5-8,15-16H,9-14H2,1-4H3. The molecule has 2 aliphatic rings. The van der Waals surface area contributed by atoms with Crippen molar-refractivity contribution in [1.82, 2.24) is 9.80 Å². The predicted octanol–water partition coefficient (Wildman–Crippen LogP) is 2.79. The van der Waals surface area contributed by atoms with E-state index in [1.165, 1.54) is 4.90 Å². The van der Waals surface area contributed by atoms with Crippen LogP contribution in [0, 0.1) is 11.8 Å². The van der Waals surface area contributed by atoms with Crippen LogP contribution < -0.4 is 4.74 Å². The van der Waals surface area contributed by atoms with Crippen LogP contribution in [0.25, 0.3) is 5.57 Å². The minimum absolute atomic E-state index is 0.198. The second-order valence-electron chi connectivity index (χ2n) is 8.17. The zero-order valence-electron chi connectivity index (χ0n) is 17.2. The summed E-state index contributed by atoms with van der Waals surface area (Å²) in [5.41, 5.74) is 1.75. The van der Waals surface area contributed by atoms with Gasteiger partial charge in [0.1, 0.15) is 11.4 Å². The fourth-order valence-electron chi connectivity index (χ4n) is 3.42. The molecular weight excluding hydrogens is 356 g/mol. The van der Waals surface area contributed by atoms with Gasteiger partial charge < -0.3 is 14.4 Å². The normalized spacial score (nSPS) is 18.1. The molecule has 0 atom stereocenters. The maximum Gasteiger partial charge on any atom is 0.277 e. The molecule has 0 radical (unpaired) electrons. The van der Waals surface area contributed by atoms with Crippen molar-refractivity contribution in [1.29, 1.82) is 0 Å². The smallest absolute Gasteiger partial charge is 0.277 e. The molecule has 1 fully saturated rings. The summed E-state index contributed by atoms with van der Waals surface area (Å²) in [5.74, 6) is 1.01. The summed E-state index contributed by atoms with van der Waals surface area (Å²) in [6, 6.07) is 7.47. The largest absolute Gasteiger partial charge is 0.493 e. The number of amides is 2. The molecule has 1 aromatic carbocycles. The van der Waals surface area contributed by atoms with Gasteiger partial charge in [-0.3, -0.25) is 14.5 Å². The van der Waals surface area contributed by atoms with Crippen molar-refractivity contribution in [3.63, 3.8) is 0 Å². The predicted molar refractivity (Wildman–Crippen MR) is 108 cm³/mol. The molecular formula is C22H30N2O4. The number of hydrogen-bond acceptors (Lipinski definition) is 5. The Balaban J connectivity index is 1.93. The van der Waals surface area contributed by atoms with Crippen molar-refractivity contribution >= 4 is 17.4 Å². The van der Waals surface area contributed by atoms with Gasteiger partial charge in [-0.1, -0.05) is 39.8 Å². The van der Waals surface area contributed by atoms with Gasteiger partial charge in [-0.05, 0) is 29.5 Å². The minimum Gasteiger partial charge on any atom is -0.493 e. The quantitative estimate of drug-likeness (QED) is 0.675. The van der Waals surface area contributed by atoms with Gasteiger partial charge in [-0.15, -0.1) is 0 Å². The Morgan fingerprint density at radius 3 is 2.18 bits per heavy atom. The van der Waals surface area contributed by atoms with Crippen LogP contribution in [0.2, 0.25) is 0 Å². The average molecular weight is 386 g/mol. The van der Waals surface area contributed by atoms with Crippen LogP contribution in [0.4, 0.5) is 0 Å². The molecule has 152 valence electrons. The van der Waals surface area contributed by atoms with Gasteiger partial charge in [0.05, 0.1) is 25.4 Å². The molecule has 3 rings (SSSR count). The molecule has 28 heavy (non-hydrogen) atoms. The lowest BCUT2D eigenvalue weighted by molar-refractivity contribution is -0.138. The van der Waals surface area contributed by atoms with Crippen molar-refractivity contribution in [2.45, 2.75) is 27.7 Å². The van der Waals surface area contributed by atoms with Gasteiger partial charge in [-0.25, -0.2) is 0 Å². The molecule has 1 aromatic rings. The first kappa shape index (κ1) is 20.4. The lowest BCUT2D eigenvalue weighted by Gasteiger charge is -2.29. The van der Waals surface area contributed by atoms with Crippen molar-refractivity contribution in [3.8, 4) is 5.75 Å². The van der Waals surface area contributed by atoms with E-state index >= 15 is 0 Å². The number of nitrogens with zero attached hydrogens (tertiary/aromatic N) is 2. The van der Waals surface area contributed by atoms with Gasteiger partial charge >= 0.3 is 0 Å². The SMILES string of the molecule is CC(C)COc1ccc(C2=C(N3CCOCC3)C(=O)N(CC(C)C)C2=O)cc1. The lowest BCUT2D eigenvalue weighted by atomic mass is 10.0. The highest BCUT2D eigenvalue weighted by Gasteiger charge is 2.41. The van der Waals surface area contributed by atoms with Gasteiger partial charge in [0.15, 0.2) is 0 Å². The van der Waals surface area contributed by atoms with Crippen molar-refractivity contribution in [2.24, 2.45) is 11.8 Å². The van der Waals surface area contributed by atoms with E-state index in [4.69, 9.17) is 9.47 Å². The van der Waals surface area contributed by atoms with Crippen LogP contribution in [0.15, 0.2) is 30.0 Å². The molecule has 0 spiro atoms. The van der Waals surface area contributed by atoms with E-state index in [2.05, 4.69) is 13.8 Å². The third-order valence-electron chi connectivity index (χ3n) is 4.74. The fourth-order valence-corrected chi connectivity index (χ4v) is 3.42. The molecule has 0 bridgehead atoms. The average Bonchev–Trinajstić information content (AvgIpc) is 2.92. The summed E-state index contributed by atoms with van der Waals surface area (Å²) in [4.78, 5) is 29.7. The number of carbonyl (C=O) groups is 2. The Bertz CT molecular complexity index is 746. The molecule has 6 nitrogen and oxygen atoms in total. The lowest BCUT2D eigenvalue weighted by Crippen LogP contribution is -2.41. The first-order valence-corrected chi connectivity index (χ1v) is 10.0. The molecule has 0 saturated carbocycles. The summed E-state index contributed by atoms with van der Waals surface area (Å²) in [6.45, 7) is 11.6. The summed E-state index contributed by atoms with van der Waals surface area (Å²) < 4.78 is 11.2. The second-order valence-corrected chi connectivity index (χ2v) is 8.17. The molecule has 2 heterocycles. The number of morpholine rings is 1. The van der Waals surface area contributed by atoms with Crippen LogP contribution >= 0.6 is 0 Å². The highest BCUT2D eigenvalue weighted by molar-refractivity contribution is 6.35. The first-order chi connectivity index (χ1) is 13.4. The Morgan fingerprint density at radius 1 is 0.964 bits per heavy atom. The summed E-state index contributed by atoms with van der Waals surface area (Å²) >= 11 is 0. The number of ether oxygens (including phenoxy) is 2. The van der Waals surface area contributed by atoms with Gasteiger partial charge in [-0.2, -0.15) is 0 Å². The van der Waals surface area contributed by atoms with E-state index < -0.39 is 0 Å². The van der Waals surface area contributed by atoms with Crippen molar-refractivity contribution in [3.05, 3.63) is 35.5 Å². The molecule has 6 heteroatoms. The maximum atomic E-state index is 13.2. The van der Waals surface area contributed by atoms with Crippen molar-refractivity contribution < 1.29 is 19.1 Å². The minimum atomic E-state index is -0.212. The maximum absolute atomic E-state index is 13.2. The Morgan fingerprint density at radius 2 is 1.61 bits per heavy atom. The number of rotatable bonds is 7.